The first kappa shape index (κ1) is 18.8. The van der Waals surface area contributed by atoms with Gasteiger partial charge in [0.2, 0.25) is 0 Å². The maximum atomic E-state index is 10.7. The van der Waals surface area contributed by atoms with Gasteiger partial charge in [0, 0.05) is 6.42 Å². The summed E-state index contributed by atoms with van der Waals surface area (Å²) < 4.78 is 4.75. The zero-order chi connectivity index (χ0) is 13.5. The van der Waals surface area contributed by atoms with Crippen LogP contribution in [0, 0.1) is 0 Å². The molecule has 17 heavy (non-hydrogen) atoms. The lowest BCUT2D eigenvalue weighted by Gasteiger charge is -2.13. The number of ether oxygens (including phenoxy) is 1. The van der Waals surface area contributed by atoms with E-state index in [2.05, 4.69) is 32.6 Å². The highest BCUT2D eigenvalue weighted by atomic mass is 16.5. The van der Waals surface area contributed by atoms with Crippen LogP contribution >= 0.6 is 0 Å². The summed E-state index contributed by atoms with van der Waals surface area (Å²) in [4.78, 5) is 13.1. The van der Waals surface area contributed by atoms with Crippen molar-refractivity contribution in [3.63, 3.8) is 0 Å². The minimum atomic E-state index is -0.0593. The van der Waals surface area contributed by atoms with E-state index >= 15 is 0 Å². The van der Waals surface area contributed by atoms with E-state index in [-0.39, 0.29) is 5.97 Å². The lowest BCUT2D eigenvalue weighted by molar-refractivity contribution is -0.143. The Morgan fingerprint density at radius 2 is 1.47 bits per heavy atom. The molecule has 0 spiro atoms. The number of hydrogen-bond donors (Lipinski definition) is 0. The molecule has 0 heterocycles. The fourth-order valence-electron chi connectivity index (χ4n) is 1.42. The van der Waals surface area contributed by atoms with Crippen molar-refractivity contribution in [2.75, 3.05) is 26.2 Å². The molecule has 104 valence electrons. The molecule has 0 unspecified atom stereocenters. The number of nitrogens with zero attached hydrogens (tertiary/aromatic N) is 1. The third-order valence-electron chi connectivity index (χ3n) is 2.63. The summed E-state index contributed by atoms with van der Waals surface area (Å²) in [6, 6.07) is 0. The topological polar surface area (TPSA) is 29.5 Å². The largest absolute Gasteiger partial charge is 0.466 e. The van der Waals surface area contributed by atoms with Gasteiger partial charge in [0.05, 0.1) is 6.61 Å². The Morgan fingerprint density at radius 1 is 0.941 bits per heavy atom. The molecule has 0 N–H and O–H groups in total. The molecule has 0 fully saturated rings. The molecule has 0 saturated carbocycles. The van der Waals surface area contributed by atoms with E-state index in [4.69, 9.17) is 4.74 Å². The summed E-state index contributed by atoms with van der Waals surface area (Å²) in [5.41, 5.74) is 0. The predicted molar refractivity (Wildman–Crippen MR) is 74.2 cm³/mol. The third kappa shape index (κ3) is 15.4. The molecule has 3 nitrogen and oxygen atoms in total. The van der Waals surface area contributed by atoms with E-state index in [1.54, 1.807) is 0 Å². The van der Waals surface area contributed by atoms with Crippen molar-refractivity contribution in [3.05, 3.63) is 0 Å². The van der Waals surface area contributed by atoms with Gasteiger partial charge in [-0.05, 0) is 33.0 Å². The van der Waals surface area contributed by atoms with Crippen molar-refractivity contribution in [2.24, 2.45) is 0 Å². The Bertz CT molecular complexity index is 151. The number of hydrogen-bond acceptors (Lipinski definition) is 3. The van der Waals surface area contributed by atoms with E-state index in [1.165, 1.54) is 19.6 Å². The zero-order valence-electron chi connectivity index (χ0n) is 12.4. The maximum absolute atomic E-state index is 10.7. The lowest BCUT2D eigenvalue weighted by atomic mass is 10.2. The van der Waals surface area contributed by atoms with Gasteiger partial charge >= 0.3 is 5.97 Å². The predicted octanol–water partition coefficient (Wildman–Crippen LogP) is 3.48. The van der Waals surface area contributed by atoms with Gasteiger partial charge in [0.1, 0.15) is 0 Å². The minimum Gasteiger partial charge on any atom is -0.466 e. The summed E-state index contributed by atoms with van der Waals surface area (Å²) in [5, 5.41) is 0. The van der Waals surface area contributed by atoms with Crippen LogP contribution in [-0.2, 0) is 9.53 Å². The summed E-state index contributed by atoms with van der Waals surface area (Å²) in [7, 11) is 0. The van der Waals surface area contributed by atoms with Crippen molar-refractivity contribution < 1.29 is 9.53 Å². The van der Waals surface area contributed by atoms with Crippen LogP contribution in [-0.4, -0.2) is 37.1 Å². The molecular weight excluding hydrogens is 214 g/mol. The van der Waals surface area contributed by atoms with Gasteiger partial charge in [0.25, 0.3) is 0 Å². The average Bonchev–Trinajstić information content (AvgIpc) is 2.33. The van der Waals surface area contributed by atoms with Gasteiger partial charge in [-0.15, -0.1) is 0 Å². The second-order valence-electron chi connectivity index (χ2n) is 3.88. The van der Waals surface area contributed by atoms with Crippen molar-refractivity contribution >= 4 is 5.97 Å². The van der Waals surface area contributed by atoms with Crippen molar-refractivity contribution in [2.45, 2.75) is 60.3 Å². The monoisotopic (exact) mass is 245 g/mol. The molecule has 0 radical (unpaired) electrons. The first-order valence-electron chi connectivity index (χ1n) is 7.03. The second kappa shape index (κ2) is 15.4. The summed E-state index contributed by atoms with van der Waals surface area (Å²) in [6.45, 7) is 14.6. The van der Waals surface area contributed by atoms with Crippen LogP contribution in [0.1, 0.15) is 60.3 Å². The highest BCUT2D eigenvalue weighted by molar-refractivity contribution is 5.69. The van der Waals surface area contributed by atoms with E-state index in [1.807, 2.05) is 6.92 Å². The molecule has 0 aliphatic rings. The molecule has 0 aromatic rings. The highest BCUT2D eigenvalue weighted by Crippen LogP contribution is 1.99. The summed E-state index contributed by atoms with van der Waals surface area (Å²) in [6.07, 6.45) is 3.83. The van der Waals surface area contributed by atoms with E-state index in [9.17, 15) is 4.79 Å². The number of unbranched alkanes of at least 4 members (excludes halogenated alkanes) is 2. The Hall–Kier alpha value is -0.570. The quantitative estimate of drug-likeness (QED) is 0.484. The Labute approximate surface area is 108 Å². The molecule has 0 aliphatic heterocycles. The highest BCUT2D eigenvalue weighted by Gasteiger charge is 1.98. The van der Waals surface area contributed by atoms with E-state index in [0.717, 1.165) is 19.3 Å². The van der Waals surface area contributed by atoms with Crippen LogP contribution in [0.2, 0.25) is 0 Å². The molecule has 0 saturated heterocycles. The normalized spacial score (nSPS) is 9.76. The molecule has 3 heteroatoms. The maximum Gasteiger partial charge on any atom is 0.305 e. The van der Waals surface area contributed by atoms with Gasteiger partial charge < -0.3 is 9.64 Å². The number of carbonyl (C=O) groups is 1. The molecule has 0 aromatic carbocycles. The van der Waals surface area contributed by atoms with E-state index in [0.29, 0.717) is 13.0 Å². The SMILES string of the molecule is CCCCCC(=O)OCC.CCN(CC)CC. The number of rotatable bonds is 8. The second-order valence-corrected chi connectivity index (χ2v) is 3.88. The van der Waals surface area contributed by atoms with Gasteiger partial charge in [-0.25, -0.2) is 0 Å². The third-order valence-corrected chi connectivity index (χ3v) is 2.63. The standard InChI is InChI=1S/C8H16O2.C6H15N/c1-3-5-6-7-8(9)10-4-2;1-4-7(5-2)6-3/h3-7H2,1-2H3;4-6H2,1-3H3. The van der Waals surface area contributed by atoms with Gasteiger partial charge in [0.15, 0.2) is 0 Å². The van der Waals surface area contributed by atoms with Crippen LogP contribution in [0.4, 0.5) is 0 Å². The smallest absolute Gasteiger partial charge is 0.305 e. The molecule has 0 bridgehead atoms. The first-order chi connectivity index (χ1) is 8.15. The molecule has 0 aromatic heterocycles. The van der Waals surface area contributed by atoms with Crippen molar-refractivity contribution in [3.8, 4) is 0 Å². The number of carbonyl (C=O) groups excluding carboxylic acids is 1. The van der Waals surface area contributed by atoms with E-state index < -0.39 is 0 Å². The van der Waals surface area contributed by atoms with Gasteiger partial charge in [-0.1, -0.05) is 40.5 Å². The minimum absolute atomic E-state index is 0.0593. The zero-order valence-corrected chi connectivity index (χ0v) is 12.4. The van der Waals surface area contributed by atoms with Crippen LogP contribution < -0.4 is 0 Å². The number of esters is 1. The fourth-order valence-corrected chi connectivity index (χ4v) is 1.42. The summed E-state index contributed by atoms with van der Waals surface area (Å²) >= 11 is 0. The molecule has 0 amide bonds. The Kier molecular flexibility index (Phi) is 17.1. The van der Waals surface area contributed by atoms with Crippen LogP contribution in [0.15, 0.2) is 0 Å². The van der Waals surface area contributed by atoms with Gasteiger partial charge in [-0.2, -0.15) is 0 Å². The van der Waals surface area contributed by atoms with Crippen LogP contribution in [0.5, 0.6) is 0 Å². The first-order valence-corrected chi connectivity index (χ1v) is 7.03. The average molecular weight is 245 g/mol. The van der Waals surface area contributed by atoms with Crippen LogP contribution in [0.25, 0.3) is 0 Å². The molecule has 0 rings (SSSR count). The molecule has 0 atom stereocenters. The molecular formula is C14H31NO2. The van der Waals surface area contributed by atoms with Crippen molar-refractivity contribution in [1.29, 1.82) is 0 Å². The Balaban J connectivity index is 0. The Morgan fingerprint density at radius 3 is 1.76 bits per heavy atom. The lowest BCUT2D eigenvalue weighted by Crippen LogP contribution is -2.21. The molecule has 0 aliphatic carbocycles. The summed E-state index contributed by atoms with van der Waals surface area (Å²) in [5.74, 6) is -0.0593. The van der Waals surface area contributed by atoms with Crippen molar-refractivity contribution in [1.82, 2.24) is 4.90 Å². The fraction of sp³-hybridized carbons (Fsp3) is 0.929. The van der Waals surface area contributed by atoms with Crippen LogP contribution in [0.3, 0.4) is 0 Å². The van der Waals surface area contributed by atoms with Gasteiger partial charge in [-0.3, -0.25) is 4.79 Å².